The topological polar surface area (TPSA) is 87.7 Å². The normalized spacial score (nSPS) is 20.4. The molecule has 116 valence electrons. The van der Waals surface area contributed by atoms with Gasteiger partial charge in [-0.15, -0.1) is 0 Å². The van der Waals surface area contributed by atoms with Gasteiger partial charge >= 0.3 is 5.97 Å². The molecule has 20 heavy (non-hydrogen) atoms. The molecule has 6 nitrogen and oxygen atoms in total. The molecule has 0 aliphatic carbocycles. The van der Waals surface area contributed by atoms with Gasteiger partial charge in [0.05, 0.1) is 0 Å². The Hall–Kier alpha value is -1.14. The van der Waals surface area contributed by atoms with E-state index in [4.69, 9.17) is 9.84 Å². The van der Waals surface area contributed by atoms with E-state index in [0.717, 1.165) is 19.4 Å². The van der Waals surface area contributed by atoms with Crippen molar-refractivity contribution in [3.63, 3.8) is 0 Å². The molecular weight excluding hydrogens is 260 g/mol. The van der Waals surface area contributed by atoms with E-state index in [1.807, 2.05) is 0 Å². The van der Waals surface area contributed by atoms with Crippen LogP contribution in [0.2, 0.25) is 0 Å². The van der Waals surface area contributed by atoms with Crippen LogP contribution in [0.15, 0.2) is 0 Å². The Morgan fingerprint density at radius 1 is 1.45 bits per heavy atom. The lowest BCUT2D eigenvalue weighted by atomic mass is 10.0. The molecular formula is C14H26N2O4. The minimum atomic E-state index is -0.981. The van der Waals surface area contributed by atoms with E-state index in [-0.39, 0.29) is 5.91 Å². The predicted molar refractivity (Wildman–Crippen MR) is 75.6 cm³/mol. The molecule has 0 aromatic heterocycles. The van der Waals surface area contributed by atoms with Crippen molar-refractivity contribution in [3.8, 4) is 0 Å². The van der Waals surface area contributed by atoms with Gasteiger partial charge in [-0.3, -0.25) is 4.79 Å². The molecule has 0 bridgehead atoms. The molecule has 0 aromatic carbocycles. The average molecular weight is 286 g/mol. The van der Waals surface area contributed by atoms with Crippen LogP contribution in [0.4, 0.5) is 0 Å². The van der Waals surface area contributed by atoms with Crippen LogP contribution in [-0.2, 0) is 14.3 Å². The Morgan fingerprint density at radius 3 is 2.85 bits per heavy atom. The number of rotatable bonds is 9. The maximum absolute atomic E-state index is 11.8. The van der Waals surface area contributed by atoms with E-state index in [2.05, 4.69) is 10.6 Å². The summed E-state index contributed by atoms with van der Waals surface area (Å²) in [6.07, 6.45) is 5.68. The zero-order valence-corrected chi connectivity index (χ0v) is 12.2. The highest BCUT2D eigenvalue weighted by atomic mass is 16.5. The SMILES string of the molecule is COCCCC(NC(=O)CCC1CCCCN1)C(=O)O. The lowest BCUT2D eigenvalue weighted by Gasteiger charge is -2.23. The summed E-state index contributed by atoms with van der Waals surface area (Å²) in [5, 5.41) is 15.0. The molecule has 1 heterocycles. The number of hydrogen-bond donors (Lipinski definition) is 3. The lowest BCUT2D eigenvalue weighted by molar-refractivity contribution is -0.142. The first-order valence-corrected chi connectivity index (χ1v) is 7.38. The van der Waals surface area contributed by atoms with Crippen molar-refractivity contribution in [1.82, 2.24) is 10.6 Å². The Balaban J connectivity index is 2.24. The zero-order valence-electron chi connectivity index (χ0n) is 12.2. The Morgan fingerprint density at radius 2 is 2.25 bits per heavy atom. The number of carboxylic acids is 1. The van der Waals surface area contributed by atoms with Crippen molar-refractivity contribution in [2.24, 2.45) is 0 Å². The van der Waals surface area contributed by atoms with Crippen molar-refractivity contribution in [2.45, 2.75) is 57.0 Å². The monoisotopic (exact) mass is 286 g/mol. The Kier molecular flexibility index (Phi) is 8.22. The molecule has 2 atom stereocenters. The summed E-state index contributed by atoms with van der Waals surface area (Å²) in [6.45, 7) is 1.52. The second-order valence-electron chi connectivity index (χ2n) is 5.28. The highest BCUT2D eigenvalue weighted by molar-refractivity contribution is 5.83. The molecule has 6 heteroatoms. The molecule has 0 radical (unpaired) electrons. The van der Waals surface area contributed by atoms with Crippen LogP contribution in [-0.4, -0.2) is 49.3 Å². The van der Waals surface area contributed by atoms with E-state index in [1.54, 1.807) is 7.11 Å². The first kappa shape index (κ1) is 16.9. The van der Waals surface area contributed by atoms with Crippen molar-refractivity contribution in [2.75, 3.05) is 20.3 Å². The number of hydrogen-bond acceptors (Lipinski definition) is 4. The highest BCUT2D eigenvalue weighted by Crippen LogP contribution is 2.11. The molecule has 1 rings (SSSR count). The number of piperidine rings is 1. The first-order valence-electron chi connectivity index (χ1n) is 7.38. The van der Waals surface area contributed by atoms with E-state index in [1.165, 1.54) is 12.8 Å². The van der Waals surface area contributed by atoms with Crippen molar-refractivity contribution < 1.29 is 19.4 Å². The molecule has 2 unspecified atom stereocenters. The summed E-state index contributed by atoms with van der Waals surface area (Å²) in [5.74, 6) is -1.16. The van der Waals surface area contributed by atoms with Crippen LogP contribution in [0.25, 0.3) is 0 Å². The smallest absolute Gasteiger partial charge is 0.326 e. The summed E-state index contributed by atoms with van der Waals surface area (Å²) in [4.78, 5) is 22.9. The molecule has 0 spiro atoms. The number of carboxylic acid groups (broad SMARTS) is 1. The fourth-order valence-corrected chi connectivity index (χ4v) is 2.43. The van der Waals surface area contributed by atoms with E-state index >= 15 is 0 Å². The van der Waals surface area contributed by atoms with Gasteiger partial charge in [0.2, 0.25) is 5.91 Å². The summed E-state index contributed by atoms with van der Waals surface area (Å²) in [6, 6.07) is -0.414. The first-order chi connectivity index (χ1) is 9.63. The van der Waals surface area contributed by atoms with Crippen LogP contribution in [0, 0.1) is 0 Å². The van der Waals surface area contributed by atoms with Gasteiger partial charge in [-0.25, -0.2) is 4.79 Å². The zero-order chi connectivity index (χ0) is 14.8. The molecule has 1 aliphatic rings. The fourth-order valence-electron chi connectivity index (χ4n) is 2.43. The summed E-state index contributed by atoms with van der Waals surface area (Å²) in [5.41, 5.74) is 0. The van der Waals surface area contributed by atoms with Gasteiger partial charge in [-0.1, -0.05) is 6.42 Å². The van der Waals surface area contributed by atoms with Gasteiger partial charge < -0.3 is 20.5 Å². The van der Waals surface area contributed by atoms with Crippen LogP contribution in [0.5, 0.6) is 0 Å². The van der Waals surface area contributed by atoms with Crippen molar-refractivity contribution in [3.05, 3.63) is 0 Å². The average Bonchev–Trinajstić information content (AvgIpc) is 2.45. The molecule has 1 saturated heterocycles. The minimum absolute atomic E-state index is 0.179. The molecule has 0 saturated carbocycles. The standard InChI is InChI=1S/C14H26N2O4/c1-20-10-4-6-12(14(18)19)16-13(17)8-7-11-5-2-3-9-15-11/h11-12,15H,2-10H2,1H3,(H,16,17)(H,18,19). The lowest BCUT2D eigenvalue weighted by Crippen LogP contribution is -2.42. The van der Waals surface area contributed by atoms with Gasteiger partial charge in [-0.05, 0) is 38.6 Å². The number of carbonyl (C=O) groups is 2. The molecule has 1 amide bonds. The van der Waals surface area contributed by atoms with Gasteiger partial charge in [-0.2, -0.15) is 0 Å². The number of ether oxygens (including phenoxy) is 1. The number of amides is 1. The minimum Gasteiger partial charge on any atom is -0.480 e. The quantitative estimate of drug-likeness (QED) is 0.548. The largest absolute Gasteiger partial charge is 0.480 e. The van der Waals surface area contributed by atoms with Gasteiger partial charge in [0.15, 0.2) is 0 Å². The molecule has 1 aliphatic heterocycles. The van der Waals surface area contributed by atoms with Crippen LogP contribution >= 0.6 is 0 Å². The number of methoxy groups -OCH3 is 1. The second kappa shape index (κ2) is 9.72. The molecule has 3 N–H and O–H groups in total. The molecule has 1 fully saturated rings. The summed E-state index contributed by atoms with van der Waals surface area (Å²) in [7, 11) is 1.57. The summed E-state index contributed by atoms with van der Waals surface area (Å²) >= 11 is 0. The van der Waals surface area contributed by atoms with Gasteiger partial charge in [0.25, 0.3) is 0 Å². The number of aliphatic carboxylic acids is 1. The van der Waals surface area contributed by atoms with E-state index in [9.17, 15) is 9.59 Å². The van der Waals surface area contributed by atoms with E-state index in [0.29, 0.717) is 31.9 Å². The third kappa shape index (κ3) is 6.86. The van der Waals surface area contributed by atoms with E-state index < -0.39 is 12.0 Å². The fraction of sp³-hybridized carbons (Fsp3) is 0.857. The maximum Gasteiger partial charge on any atom is 0.326 e. The second-order valence-corrected chi connectivity index (χ2v) is 5.28. The van der Waals surface area contributed by atoms with Gasteiger partial charge in [0, 0.05) is 26.2 Å². The highest BCUT2D eigenvalue weighted by Gasteiger charge is 2.20. The van der Waals surface area contributed by atoms with Crippen molar-refractivity contribution >= 4 is 11.9 Å². The third-order valence-electron chi connectivity index (χ3n) is 3.61. The summed E-state index contributed by atoms with van der Waals surface area (Å²) < 4.78 is 4.89. The van der Waals surface area contributed by atoms with Crippen LogP contribution in [0.3, 0.4) is 0 Å². The van der Waals surface area contributed by atoms with Crippen molar-refractivity contribution in [1.29, 1.82) is 0 Å². The predicted octanol–water partition coefficient (Wildman–Crippen LogP) is 0.905. The number of carbonyl (C=O) groups excluding carboxylic acids is 1. The van der Waals surface area contributed by atoms with Gasteiger partial charge in [0.1, 0.15) is 6.04 Å². The number of nitrogens with one attached hydrogen (secondary N) is 2. The third-order valence-corrected chi connectivity index (χ3v) is 3.61. The van der Waals surface area contributed by atoms with Crippen LogP contribution in [0.1, 0.15) is 44.9 Å². The van der Waals surface area contributed by atoms with Crippen LogP contribution < -0.4 is 10.6 Å². The Bertz CT molecular complexity index is 304. The Labute approximate surface area is 120 Å². The molecule has 0 aromatic rings. The maximum atomic E-state index is 11.8.